The average Bonchev–Trinajstić information content (AvgIpc) is 2.83. The third kappa shape index (κ3) is 5.27. The highest BCUT2D eigenvalue weighted by Crippen LogP contribution is 2.32. The number of pyridine rings is 1. The molecule has 1 fully saturated rings. The van der Waals surface area contributed by atoms with Crippen LogP contribution in [0.25, 0.3) is 0 Å². The predicted octanol–water partition coefficient (Wildman–Crippen LogP) is 4.02. The second kappa shape index (κ2) is 11.0. The first-order valence-corrected chi connectivity index (χ1v) is 12.7. The van der Waals surface area contributed by atoms with Gasteiger partial charge in [-0.05, 0) is 95.2 Å². The Morgan fingerprint density at radius 1 is 1.09 bits per heavy atom. The number of aryl methyl sites for hydroxylation is 2. The summed E-state index contributed by atoms with van der Waals surface area (Å²) in [6, 6.07) is 9.20. The van der Waals surface area contributed by atoms with E-state index in [0.29, 0.717) is 23.2 Å². The van der Waals surface area contributed by atoms with Crippen molar-refractivity contribution in [2.24, 2.45) is 0 Å². The lowest BCUT2D eigenvalue weighted by atomic mass is 9.89. The van der Waals surface area contributed by atoms with E-state index in [2.05, 4.69) is 52.7 Å². The highest BCUT2D eigenvalue weighted by Gasteiger charge is 2.27. The molecule has 6 heteroatoms. The highest BCUT2D eigenvalue weighted by atomic mass is 16.1. The fourth-order valence-corrected chi connectivity index (χ4v) is 5.60. The molecular weight excluding hydrogens is 424 g/mol. The van der Waals surface area contributed by atoms with Gasteiger partial charge < -0.3 is 20.5 Å². The minimum atomic E-state index is -0.119. The van der Waals surface area contributed by atoms with E-state index in [1.54, 1.807) is 0 Å². The van der Waals surface area contributed by atoms with Gasteiger partial charge in [0.05, 0.1) is 0 Å². The Labute approximate surface area is 202 Å². The van der Waals surface area contributed by atoms with E-state index >= 15 is 0 Å². The summed E-state index contributed by atoms with van der Waals surface area (Å²) in [7, 11) is 2.05. The van der Waals surface area contributed by atoms with Crippen LogP contribution < -0.4 is 21.1 Å². The summed E-state index contributed by atoms with van der Waals surface area (Å²) in [6.07, 6.45) is 11.4. The van der Waals surface area contributed by atoms with Crippen molar-refractivity contribution in [2.45, 2.75) is 77.4 Å². The van der Waals surface area contributed by atoms with Gasteiger partial charge in [-0.25, -0.2) is 0 Å². The second-order valence-corrected chi connectivity index (χ2v) is 9.57. The van der Waals surface area contributed by atoms with Gasteiger partial charge >= 0.3 is 0 Å². The van der Waals surface area contributed by atoms with Crippen LogP contribution in [-0.2, 0) is 19.4 Å². The summed E-state index contributed by atoms with van der Waals surface area (Å²) in [6.45, 7) is 5.26. The number of nitrogens with one attached hydrogen (secondary N) is 3. The number of amides is 1. The lowest BCUT2D eigenvalue weighted by Crippen LogP contribution is -2.42. The molecule has 6 nitrogen and oxygen atoms in total. The van der Waals surface area contributed by atoms with E-state index in [1.165, 1.54) is 18.5 Å². The number of carbonyl (C=O) groups is 1. The number of carbonyl (C=O) groups excluding carboxylic acids is 1. The van der Waals surface area contributed by atoms with Gasteiger partial charge in [-0.1, -0.05) is 18.2 Å². The number of hydrogen-bond acceptors (Lipinski definition) is 4. The first kappa shape index (κ1) is 24.3. The van der Waals surface area contributed by atoms with Crippen LogP contribution in [0.4, 0.5) is 5.69 Å². The average molecular weight is 463 g/mol. The van der Waals surface area contributed by atoms with E-state index in [9.17, 15) is 9.59 Å². The molecule has 2 aromatic rings. The molecular formula is C28H38N4O2. The van der Waals surface area contributed by atoms with Crippen LogP contribution >= 0.6 is 0 Å². The number of hydrogen-bond donors (Lipinski definition) is 3. The molecule has 0 bridgehead atoms. The van der Waals surface area contributed by atoms with Crippen molar-refractivity contribution in [3.63, 3.8) is 0 Å². The molecule has 1 aromatic heterocycles. The number of benzene rings is 1. The Morgan fingerprint density at radius 2 is 1.88 bits per heavy atom. The molecule has 0 radical (unpaired) electrons. The van der Waals surface area contributed by atoms with Crippen molar-refractivity contribution < 1.29 is 4.79 Å². The monoisotopic (exact) mass is 462 g/mol. The third-order valence-electron chi connectivity index (χ3n) is 7.45. The maximum Gasteiger partial charge on any atom is 0.253 e. The van der Waals surface area contributed by atoms with Crippen molar-refractivity contribution in [3.8, 4) is 0 Å². The maximum atomic E-state index is 13.4. The number of fused-ring (bicyclic) bond motifs is 2. The Balaban J connectivity index is 1.66. The largest absolute Gasteiger partial charge is 0.369 e. The zero-order valence-corrected chi connectivity index (χ0v) is 20.7. The molecule has 2 aliphatic rings. The Kier molecular flexibility index (Phi) is 7.88. The molecule has 2 heterocycles. The van der Waals surface area contributed by atoms with Crippen LogP contribution in [0.2, 0.25) is 0 Å². The van der Waals surface area contributed by atoms with Crippen LogP contribution in [0.3, 0.4) is 0 Å². The van der Waals surface area contributed by atoms with Gasteiger partial charge in [0.2, 0.25) is 0 Å². The topological polar surface area (TPSA) is 77.2 Å². The van der Waals surface area contributed by atoms with Gasteiger partial charge in [-0.3, -0.25) is 9.59 Å². The van der Waals surface area contributed by atoms with Crippen LogP contribution in [0.5, 0.6) is 0 Å². The van der Waals surface area contributed by atoms with Crippen molar-refractivity contribution in [1.82, 2.24) is 15.6 Å². The number of H-pyrrole nitrogens is 1. The third-order valence-corrected chi connectivity index (χ3v) is 7.45. The van der Waals surface area contributed by atoms with Crippen LogP contribution in [0, 0.1) is 6.92 Å². The van der Waals surface area contributed by atoms with Crippen molar-refractivity contribution in [2.75, 3.05) is 18.5 Å². The highest BCUT2D eigenvalue weighted by molar-refractivity contribution is 5.97. The Bertz CT molecular complexity index is 1100. The summed E-state index contributed by atoms with van der Waals surface area (Å²) >= 11 is 0. The van der Waals surface area contributed by atoms with Gasteiger partial charge in [0.1, 0.15) is 0 Å². The molecule has 0 saturated heterocycles. The van der Waals surface area contributed by atoms with Crippen LogP contribution in [-0.4, -0.2) is 36.6 Å². The summed E-state index contributed by atoms with van der Waals surface area (Å²) < 4.78 is 0. The molecule has 34 heavy (non-hydrogen) atoms. The van der Waals surface area contributed by atoms with E-state index in [4.69, 9.17) is 0 Å². The summed E-state index contributed by atoms with van der Waals surface area (Å²) in [5, 5.41) is 6.47. The lowest BCUT2D eigenvalue weighted by molar-refractivity contribution is 0.0950. The van der Waals surface area contributed by atoms with Crippen molar-refractivity contribution >= 4 is 11.6 Å². The zero-order chi connectivity index (χ0) is 24.1. The normalized spacial score (nSPS) is 21.9. The predicted molar refractivity (Wildman–Crippen MR) is 139 cm³/mol. The van der Waals surface area contributed by atoms with Crippen molar-refractivity contribution in [3.05, 3.63) is 74.7 Å². The number of aromatic nitrogens is 1. The minimum absolute atomic E-state index is 0.111. The van der Waals surface area contributed by atoms with E-state index in [1.807, 2.05) is 25.1 Å². The smallest absolute Gasteiger partial charge is 0.253 e. The second-order valence-electron chi connectivity index (χ2n) is 9.57. The van der Waals surface area contributed by atoms with Gasteiger partial charge in [-0.15, -0.1) is 0 Å². The molecule has 4 rings (SSSR count). The summed E-state index contributed by atoms with van der Waals surface area (Å²) in [5.41, 5.74) is 5.35. The van der Waals surface area contributed by atoms with E-state index < -0.39 is 0 Å². The number of nitrogens with zero attached hydrogens (tertiary/aromatic N) is 1. The number of allylic oxidation sites excluding steroid dienone is 2. The van der Waals surface area contributed by atoms with E-state index in [0.717, 1.165) is 55.5 Å². The Morgan fingerprint density at radius 3 is 2.62 bits per heavy atom. The molecule has 0 unspecified atom stereocenters. The molecule has 0 spiro atoms. The van der Waals surface area contributed by atoms with Crippen LogP contribution in [0.15, 0.2) is 41.2 Å². The zero-order valence-electron chi connectivity index (χ0n) is 20.7. The van der Waals surface area contributed by atoms with Crippen LogP contribution in [0.1, 0.15) is 71.8 Å². The molecule has 1 aromatic carbocycles. The summed E-state index contributed by atoms with van der Waals surface area (Å²) in [4.78, 5) is 31.4. The standard InChI is InChI=1S/C28H38N4O2/c1-4-32(22-15-13-21(29-3)14-16-22)26-12-8-11-24-23(26)10-7-5-6-9-20-17-19(2)31-28(34)25(20)18-30-27(24)33/h5,7-8,11-12,17,21-22,29H,4,6,9-10,13-16,18H2,1-3H3,(H,30,33)(H,31,34)/b7-5+/t21-,22+. The van der Waals surface area contributed by atoms with Gasteiger partial charge in [-0.2, -0.15) is 0 Å². The molecule has 1 aliphatic carbocycles. The van der Waals surface area contributed by atoms with Gasteiger partial charge in [0.15, 0.2) is 0 Å². The number of rotatable bonds is 4. The number of aromatic amines is 1. The van der Waals surface area contributed by atoms with Crippen molar-refractivity contribution in [1.29, 1.82) is 0 Å². The van der Waals surface area contributed by atoms with Gasteiger partial charge in [0, 0.05) is 47.7 Å². The minimum Gasteiger partial charge on any atom is -0.369 e. The molecule has 1 aliphatic heterocycles. The van der Waals surface area contributed by atoms with Gasteiger partial charge in [0.25, 0.3) is 11.5 Å². The fraction of sp³-hybridized carbons (Fsp3) is 0.500. The molecule has 1 amide bonds. The molecule has 1 saturated carbocycles. The fourth-order valence-electron chi connectivity index (χ4n) is 5.60. The maximum absolute atomic E-state index is 13.4. The van der Waals surface area contributed by atoms with E-state index in [-0.39, 0.29) is 18.0 Å². The number of anilines is 1. The quantitative estimate of drug-likeness (QED) is 0.600. The molecule has 182 valence electrons. The molecule has 0 atom stereocenters. The first-order chi connectivity index (χ1) is 16.5. The Hall–Kier alpha value is -2.86. The SMILES string of the molecule is CCN(c1cccc2c1C/C=C/CCc1cc(C)[nH]c(=O)c1CNC2=O)[C@H]1CC[C@@H](NC)CC1. The molecule has 3 N–H and O–H groups in total. The summed E-state index contributed by atoms with van der Waals surface area (Å²) in [5.74, 6) is -0.119. The first-order valence-electron chi connectivity index (χ1n) is 12.7. The lowest BCUT2D eigenvalue weighted by Gasteiger charge is -2.39.